The second-order valence-electron chi connectivity index (χ2n) is 5.58. The summed E-state index contributed by atoms with van der Waals surface area (Å²) in [5, 5.41) is 5.69. The lowest BCUT2D eigenvalue weighted by atomic mass is 10.0. The molecule has 4 nitrogen and oxygen atoms in total. The highest BCUT2D eigenvalue weighted by Crippen LogP contribution is 2.13. The van der Waals surface area contributed by atoms with Crippen LogP contribution in [0.25, 0.3) is 0 Å². The summed E-state index contributed by atoms with van der Waals surface area (Å²) in [7, 11) is 0. The van der Waals surface area contributed by atoms with E-state index in [0.29, 0.717) is 17.7 Å². The number of hydrogen-bond donors (Lipinski definition) is 2. The van der Waals surface area contributed by atoms with Crippen LogP contribution in [0.5, 0.6) is 0 Å². The van der Waals surface area contributed by atoms with E-state index in [1.54, 1.807) is 13.8 Å². The molecular formula is C15H26N2O2. The van der Waals surface area contributed by atoms with E-state index in [4.69, 9.17) is 0 Å². The molecule has 0 bridgehead atoms. The molecule has 0 aliphatic heterocycles. The van der Waals surface area contributed by atoms with Gasteiger partial charge in [-0.15, -0.1) is 0 Å². The SMILES string of the molecule is C/C=C(C)\C(NC(=O)CC)=C(/C)C(=O)NC(C)(C)C. The maximum atomic E-state index is 12.1. The minimum atomic E-state index is -0.304. The molecule has 0 aromatic carbocycles. The van der Waals surface area contributed by atoms with Gasteiger partial charge >= 0.3 is 0 Å². The molecule has 0 aromatic heterocycles. The molecule has 0 heterocycles. The topological polar surface area (TPSA) is 58.2 Å². The third kappa shape index (κ3) is 6.22. The van der Waals surface area contributed by atoms with Gasteiger partial charge in [0.05, 0.1) is 5.70 Å². The van der Waals surface area contributed by atoms with Crippen LogP contribution in [-0.4, -0.2) is 17.4 Å². The summed E-state index contributed by atoms with van der Waals surface area (Å²) in [4.78, 5) is 23.7. The molecule has 0 radical (unpaired) electrons. The van der Waals surface area contributed by atoms with E-state index >= 15 is 0 Å². The Hall–Kier alpha value is -1.58. The van der Waals surface area contributed by atoms with Gasteiger partial charge in [0.2, 0.25) is 11.8 Å². The van der Waals surface area contributed by atoms with Gasteiger partial charge in [0.15, 0.2) is 0 Å². The number of carbonyl (C=O) groups is 2. The van der Waals surface area contributed by atoms with E-state index in [0.717, 1.165) is 5.57 Å². The van der Waals surface area contributed by atoms with Gasteiger partial charge in [-0.1, -0.05) is 13.0 Å². The van der Waals surface area contributed by atoms with Gasteiger partial charge in [-0.05, 0) is 47.1 Å². The second kappa shape index (κ2) is 7.12. The molecule has 0 fully saturated rings. The van der Waals surface area contributed by atoms with Gasteiger partial charge in [-0.3, -0.25) is 9.59 Å². The Labute approximate surface area is 116 Å². The van der Waals surface area contributed by atoms with Gasteiger partial charge in [-0.2, -0.15) is 0 Å². The van der Waals surface area contributed by atoms with E-state index in [1.807, 2.05) is 40.7 Å². The monoisotopic (exact) mass is 266 g/mol. The summed E-state index contributed by atoms with van der Waals surface area (Å²) in [5.41, 5.74) is 1.69. The summed E-state index contributed by atoms with van der Waals surface area (Å²) in [5.74, 6) is -0.265. The van der Waals surface area contributed by atoms with Crippen molar-refractivity contribution in [3.63, 3.8) is 0 Å². The Balaban J connectivity index is 5.36. The van der Waals surface area contributed by atoms with E-state index in [1.165, 1.54) is 0 Å². The van der Waals surface area contributed by atoms with E-state index in [-0.39, 0.29) is 17.4 Å². The van der Waals surface area contributed by atoms with Crippen molar-refractivity contribution in [1.82, 2.24) is 10.6 Å². The fraction of sp³-hybridized carbons (Fsp3) is 0.600. The second-order valence-corrected chi connectivity index (χ2v) is 5.58. The molecule has 19 heavy (non-hydrogen) atoms. The van der Waals surface area contributed by atoms with E-state index < -0.39 is 0 Å². The predicted molar refractivity (Wildman–Crippen MR) is 78.5 cm³/mol. The highest BCUT2D eigenvalue weighted by Gasteiger charge is 2.18. The third-order valence-corrected chi connectivity index (χ3v) is 2.62. The van der Waals surface area contributed by atoms with Gasteiger partial charge in [0.25, 0.3) is 0 Å². The zero-order valence-electron chi connectivity index (χ0n) is 13.1. The van der Waals surface area contributed by atoms with Gasteiger partial charge in [-0.25, -0.2) is 0 Å². The molecule has 0 atom stereocenters. The average molecular weight is 266 g/mol. The quantitative estimate of drug-likeness (QED) is 0.607. The predicted octanol–water partition coefficient (Wildman–Crippen LogP) is 2.67. The van der Waals surface area contributed by atoms with Crippen LogP contribution in [-0.2, 0) is 9.59 Å². The number of allylic oxidation sites excluding steroid dienone is 2. The molecule has 0 unspecified atom stereocenters. The van der Waals surface area contributed by atoms with E-state index in [9.17, 15) is 9.59 Å². The lowest BCUT2D eigenvalue weighted by Gasteiger charge is -2.22. The first-order valence-corrected chi connectivity index (χ1v) is 6.58. The summed E-state index contributed by atoms with van der Waals surface area (Å²) < 4.78 is 0. The van der Waals surface area contributed by atoms with Gasteiger partial charge in [0.1, 0.15) is 0 Å². The minimum absolute atomic E-state index is 0.0980. The van der Waals surface area contributed by atoms with Crippen molar-refractivity contribution < 1.29 is 9.59 Å². The standard InChI is InChI=1S/C15H26N2O2/c1-8-10(3)13(16-12(18)9-2)11(4)14(19)17-15(5,6)7/h8H,9H2,1-7H3,(H,16,18)(H,17,19)/b10-8-,13-11-. The minimum Gasteiger partial charge on any atom is -0.348 e. The normalized spacial score (nSPS) is 13.7. The first-order chi connectivity index (χ1) is 8.62. The van der Waals surface area contributed by atoms with Crippen LogP contribution in [0.4, 0.5) is 0 Å². The molecule has 0 rings (SSSR count). The fourth-order valence-electron chi connectivity index (χ4n) is 1.41. The fourth-order valence-corrected chi connectivity index (χ4v) is 1.41. The molecule has 0 aliphatic rings. The van der Waals surface area contributed by atoms with Gasteiger partial charge in [0, 0.05) is 17.5 Å². The summed E-state index contributed by atoms with van der Waals surface area (Å²) >= 11 is 0. The molecule has 4 heteroatoms. The average Bonchev–Trinajstić information content (AvgIpc) is 2.31. The highest BCUT2D eigenvalue weighted by atomic mass is 16.2. The van der Waals surface area contributed by atoms with Crippen molar-refractivity contribution in [2.24, 2.45) is 0 Å². The van der Waals surface area contributed by atoms with Crippen molar-refractivity contribution in [3.05, 3.63) is 22.9 Å². The van der Waals surface area contributed by atoms with Crippen LogP contribution in [0.1, 0.15) is 54.9 Å². The Morgan fingerprint density at radius 3 is 2.05 bits per heavy atom. The van der Waals surface area contributed by atoms with Crippen LogP contribution >= 0.6 is 0 Å². The molecule has 0 saturated heterocycles. The third-order valence-electron chi connectivity index (χ3n) is 2.62. The van der Waals surface area contributed by atoms with Crippen LogP contribution < -0.4 is 10.6 Å². The van der Waals surface area contributed by atoms with Crippen molar-refractivity contribution in [2.45, 2.75) is 60.4 Å². The summed E-state index contributed by atoms with van der Waals surface area (Å²) in [6.45, 7) is 13.0. The number of hydrogen-bond acceptors (Lipinski definition) is 2. The smallest absolute Gasteiger partial charge is 0.249 e. The Morgan fingerprint density at radius 1 is 1.16 bits per heavy atom. The first-order valence-electron chi connectivity index (χ1n) is 6.58. The van der Waals surface area contributed by atoms with Gasteiger partial charge < -0.3 is 10.6 Å². The zero-order valence-corrected chi connectivity index (χ0v) is 13.1. The Bertz CT molecular complexity index is 412. The molecular weight excluding hydrogens is 240 g/mol. The molecule has 108 valence electrons. The maximum absolute atomic E-state index is 12.1. The lowest BCUT2D eigenvalue weighted by molar-refractivity contribution is -0.120. The number of nitrogens with one attached hydrogen (secondary N) is 2. The lowest BCUT2D eigenvalue weighted by Crippen LogP contribution is -2.42. The molecule has 2 N–H and O–H groups in total. The molecule has 0 saturated carbocycles. The Kier molecular flexibility index (Phi) is 6.53. The van der Waals surface area contributed by atoms with Crippen LogP contribution in [0.15, 0.2) is 22.9 Å². The molecule has 0 spiro atoms. The van der Waals surface area contributed by atoms with Crippen molar-refractivity contribution >= 4 is 11.8 Å². The number of rotatable bonds is 4. The van der Waals surface area contributed by atoms with Crippen molar-refractivity contribution in [2.75, 3.05) is 0 Å². The molecule has 0 aliphatic carbocycles. The largest absolute Gasteiger partial charge is 0.348 e. The van der Waals surface area contributed by atoms with Crippen LogP contribution in [0, 0.1) is 0 Å². The zero-order chi connectivity index (χ0) is 15.2. The van der Waals surface area contributed by atoms with Crippen molar-refractivity contribution in [1.29, 1.82) is 0 Å². The summed E-state index contributed by atoms with van der Waals surface area (Å²) in [6.07, 6.45) is 2.26. The molecule has 2 amide bonds. The number of amides is 2. The van der Waals surface area contributed by atoms with E-state index in [2.05, 4.69) is 10.6 Å². The van der Waals surface area contributed by atoms with Crippen LogP contribution in [0.3, 0.4) is 0 Å². The first kappa shape index (κ1) is 17.4. The van der Waals surface area contributed by atoms with Crippen molar-refractivity contribution in [3.8, 4) is 0 Å². The molecule has 0 aromatic rings. The van der Waals surface area contributed by atoms with Crippen LogP contribution in [0.2, 0.25) is 0 Å². The number of carbonyl (C=O) groups excluding carboxylic acids is 2. The summed E-state index contributed by atoms with van der Waals surface area (Å²) in [6, 6.07) is 0. The maximum Gasteiger partial charge on any atom is 0.249 e. The highest BCUT2D eigenvalue weighted by molar-refractivity contribution is 5.95. The Morgan fingerprint density at radius 2 is 1.68 bits per heavy atom.